The average molecular weight is 290 g/mol. The third-order valence-electron chi connectivity index (χ3n) is 4.70. The fourth-order valence-electron chi connectivity index (χ4n) is 3.14. The minimum Gasteiger partial charge on any atom is -0.496 e. The van der Waals surface area contributed by atoms with Gasteiger partial charge < -0.3 is 15.0 Å². The number of methoxy groups -OCH3 is 1. The molecule has 1 aromatic rings. The van der Waals surface area contributed by atoms with E-state index < -0.39 is 0 Å². The molecule has 3 heteroatoms. The summed E-state index contributed by atoms with van der Waals surface area (Å²) in [6.07, 6.45) is 3.98. The fraction of sp³-hybridized carbons (Fsp3) is 0.667. The summed E-state index contributed by atoms with van der Waals surface area (Å²) in [6.45, 7) is 7.93. The Morgan fingerprint density at radius 3 is 2.71 bits per heavy atom. The summed E-state index contributed by atoms with van der Waals surface area (Å²) in [5, 5.41) is 3.66. The second kappa shape index (κ2) is 7.81. The van der Waals surface area contributed by atoms with Gasteiger partial charge in [-0.2, -0.15) is 0 Å². The van der Waals surface area contributed by atoms with Gasteiger partial charge in [0.2, 0.25) is 0 Å². The van der Waals surface area contributed by atoms with Gasteiger partial charge in [-0.1, -0.05) is 12.1 Å². The molecular weight excluding hydrogens is 260 g/mol. The molecule has 1 atom stereocenters. The maximum absolute atomic E-state index is 5.51. The number of hydrogen-bond acceptors (Lipinski definition) is 3. The fourth-order valence-corrected chi connectivity index (χ4v) is 3.14. The summed E-state index contributed by atoms with van der Waals surface area (Å²) in [4.78, 5) is 2.43. The van der Waals surface area contributed by atoms with Gasteiger partial charge in [0.1, 0.15) is 5.75 Å². The number of nitrogens with one attached hydrogen (secondary N) is 1. The lowest BCUT2D eigenvalue weighted by Gasteiger charge is -2.29. The molecule has 1 aliphatic heterocycles. The van der Waals surface area contributed by atoms with Crippen LogP contribution < -0.4 is 10.1 Å². The van der Waals surface area contributed by atoms with Crippen LogP contribution in [-0.4, -0.2) is 38.7 Å². The molecule has 0 bridgehead atoms. The quantitative estimate of drug-likeness (QED) is 0.869. The zero-order valence-electron chi connectivity index (χ0n) is 14.0. The Morgan fingerprint density at radius 2 is 2.05 bits per heavy atom. The lowest BCUT2D eigenvalue weighted by molar-refractivity contribution is 0.210. The number of rotatable bonds is 6. The highest BCUT2D eigenvalue weighted by atomic mass is 16.5. The second-order valence-corrected chi connectivity index (χ2v) is 6.46. The molecule has 1 N–H and O–H groups in total. The Morgan fingerprint density at radius 1 is 1.33 bits per heavy atom. The average Bonchev–Trinajstić information content (AvgIpc) is 2.49. The van der Waals surface area contributed by atoms with Gasteiger partial charge in [0, 0.05) is 11.6 Å². The van der Waals surface area contributed by atoms with E-state index in [4.69, 9.17) is 4.74 Å². The molecule has 1 saturated heterocycles. The number of ether oxygens (including phenoxy) is 1. The largest absolute Gasteiger partial charge is 0.496 e. The zero-order valence-corrected chi connectivity index (χ0v) is 14.0. The van der Waals surface area contributed by atoms with Gasteiger partial charge in [-0.15, -0.1) is 0 Å². The number of piperidine rings is 1. The second-order valence-electron chi connectivity index (χ2n) is 6.46. The molecule has 0 radical (unpaired) electrons. The maximum atomic E-state index is 5.51. The predicted octanol–water partition coefficient (Wildman–Crippen LogP) is 3.39. The lowest BCUT2D eigenvalue weighted by Crippen LogP contribution is -2.32. The molecule has 118 valence electrons. The third-order valence-corrected chi connectivity index (χ3v) is 4.70. The summed E-state index contributed by atoms with van der Waals surface area (Å²) >= 11 is 0. The topological polar surface area (TPSA) is 24.5 Å². The molecule has 1 unspecified atom stereocenters. The van der Waals surface area contributed by atoms with Crippen molar-refractivity contribution in [3.05, 3.63) is 29.3 Å². The van der Waals surface area contributed by atoms with Crippen molar-refractivity contribution in [2.45, 2.75) is 39.2 Å². The molecule has 0 amide bonds. The van der Waals surface area contributed by atoms with Crippen LogP contribution in [0, 0.1) is 12.8 Å². The Balaban J connectivity index is 1.80. The molecule has 21 heavy (non-hydrogen) atoms. The normalized spacial score (nSPS) is 18.7. The van der Waals surface area contributed by atoms with Crippen LogP contribution in [0.1, 0.15) is 43.4 Å². The van der Waals surface area contributed by atoms with Crippen LogP contribution in [0.2, 0.25) is 0 Å². The van der Waals surface area contributed by atoms with Gasteiger partial charge in [-0.25, -0.2) is 0 Å². The third kappa shape index (κ3) is 4.72. The first kappa shape index (κ1) is 16.3. The van der Waals surface area contributed by atoms with Gasteiger partial charge in [-0.05, 0) is 77.3 Å². The summed E-state index contributed by atoms with van der Waals surface area (Å²) in [5.41, 5.74) is 2.50. The summed E-state index contributed by atoms with van der Waals surface area (Å²) in [7, 11) is 3.98. The first-order chi connectivity index (χ1) is 10.1. The number of aryl methyl sites for hydroxylation is 1. The first-order valence-corrected chi connectivity index (χ1v) is 8.16. The maximum Gasteiger partial charge on any atom is 0.123 e. The van der Waals surface area contributed by atoms with Crippen molar-refractivity contribution in [1.29, 1.82) is 0 Å². The van der Waals surface area contributed by atoms with E-state index in [0.717, 1.165) is 18.2 Å². The van der Waals surface area contributed by atoms with E-state index >= 15 is 0 Å². The summed E-state index contributed by atoms with van der Waals surface area (Å²) in [5.74, 6) is 1.88. The first-order valence-electron chi connectivity index (χ1n) is 8.16. The molecule has 0 saturated carbocycles. The van der Waals surface area contributed by atoms with Crippen molar-refractivity contribution in [2.75, 3.05) is 33.8 Å². The van der Waals surface area contributed by atoms with Gasteiger partial charge >= 0.3 is 0 Å². The van der Waals surface area contributed by atoms with Crippen LogP contribution in [0.5, 0.6) is 5.75 Å². The Bertz CT molecular complexity index is 439. The predicted molar refractivity (Wildman–Crippen MR) is 89.0 cm³/mol. The van der Waals surface area contributed by atoms with Crippen LogP contribution in [-0.2, 0) is 0 Å². The summed E-state index contributed by atoms with van der Waals surface area (Å²) in [6, 6.07) is 6.80. The SMILES string of the molecule is COc1cc(C)ccc1C(C)NCCC1CCN(C)CC1. The van der Waals surface area contributed by atoms with E-state index in [0.29, 0.717) is 6.04 Å². The van der Waals surface area contributed by atoms with Crippen molar-refractivity contribution in [1.82, 2.24) is 10.2 Å². The highest BCUT2D eigenvalue weighted by Crippen LogP contribution is 2.26. The van der Waals surface area contributed by atoms with Crippen molar-refractivity contribution in [3.63, 3.8) is 0 Å². The van der Waals surface area contributed by atoms with Crippen LogP contribution >= 0.6 is 0 Å². The van der Waals surface area contributed by atoms with E-state index in [1.807, 2.05) is 0 Å². The Hall–Kier alpha value is -1.06. The molecule has 0 spiro atoms. The lowest BCUT2D eigenvalue weighted by atomic mass is 9.93. The molecule has 0 aliphatic carbocycles. The van der Waals surface area contributed by atoms with E-state index in [1.165, 1.54) is 43.5 Å². The highest BCUT2D eigenvalue weighted by molar-refractivity contribution is 5.38. The highest BCUT2D eigenvalue weighted by Gasteiger charge is 2.17. The number of benzene rings is 1. The molecule has 0 aromatic heterocycles. The van der Waals surface area contributed by atoms with Crippen LogP contribution in [0.15, 0.2) is 18.2 Å². The molecule has 3 nitrogen and oxygen atoms in total. The van der Waals surface area contributed by atoms with Crippen molar-refractivity contribution < 1.29 is 4.74 Å². The van der Waals surface area contributed by atoms with Gasteiger partial charge in [0.15, 0.2) is 0 Å². The Kier molecular flexibility index (Phi) is 6.07. The van der Waals surface area contributed by atoms with Crippen molar-refractivity contribution >= 4 is 0 Å². The molecular formula is C18H30N2O. The van der Waals surface area contributed by atoms with Crippen LogP contribution in [0.25, 0.3) is 0 Å². The van der Waals surface area contributed by atoms with Crippen molar-refractivity contribution in [2.24, 2.45) is 5.92 Å². The molecule has 2 rings (SSSR count). The number of nitrogens with zero attached hydrogens (tertiary/aromatic N) is 1. The van der Waals surface area contributed by atoms with Crippen LogP contribution in [0.4, 0.5) is 0 Å². The minimum atomic E-state index is 0.340. The minimum absolute atomic E-state index is 0.340. The van der Waals surface area contributed by atoms with Gasteiger partial charge in [0.25, 0.3) is 0 Å². The standard InChI is InChI=1S/C18H30N2O/c1-14-5-6-17(18(13-14)21-4)15(2)19-10-7-16-8-11-20(3)12-9-16/h5-6,13,15-16,19H,7-12H2,1-4H3. The van der Waals surface area contributed by atoms with E-state index in [9.17, 15) is 0 Å². The Labute approximate surface area is 129 Å². The molecule has 1 heterocycles. The smallest absolute Gasteiger partial charge is 0.123 e. The van der Waals surface area contributed by atoms with E-state index in [2.05, 4.69) is 49.3 Å². The summed E-state index contributed by atoms with van der Waals surface area (Å²) < 4.78 is 5.51. The van der Waals surface area contributed by atoms with Gasteiger partial charge in [-0.3, -0.25) is 0 Å². The number of likely N-dealkylation sites (tertiary alicyclic amines) is 1. The zero-order chi connectivity index (χ0) is 15.2. The molecule has 1 fully saturated rings. The molecule has 1 aliphatic rings. The van der Waals surface area contributed by atoms with Crippen LogP contribution in [0.3, 0.4) is 0 Å². The van der Waals surface area contributed by atoms with E-state index in [-0.39, 0.29) is 0 Å². The molecule has 1 aromatic carbocycles. The van der Waals surface area contributed by atoms with Gasteiger partial charge in [0.05, 0.1) is 7.11 Å². The van der Waals surface area contributed by atoms with Crippen molar-refractivity contribution in [3.8, 4) is 5.75 Å². The monoisotopic (exact) mass is 290 g/mol. The van der Waals surface area contributed by atoms with E-state index in [1.54, 1.807) is 7.11 Å². The number of hydrogen-bond donors (Lipinski definition) is 1.